The third-order valence-corrected chi connectivity index (χ3v) is 5.17. The molecule has 4 rings (SSSR count). The van der Waals surface area contributed by atoms with Crippen LogP contribution in [0.5, 0.6) is 0 Å². The van der Waals surface area contributed by atoms with Crippen LogP contribution >= 0.6 is 23.5 Å². The highest BCUT2D eigenvalue weighted by atomic mass is 32.2. The van der Waals surface area contributed by atoms with Crippen molar-refractivity contribution < 1.29 is 0 Å². The molecule has 116 valence electrons. The average molecular weight is 348 g/mol. The van der Waals surface area contributed by atoms with Crippen LogP contribution in [0.25, 0.3) is 11.0 Å². The summed E-state index contributed by atoms with van der Waals surface area (Å²) in [6.07, 6.45) is 3.56. The highest BCUT2D eigenvalue weighted by Gasteiger charge is 2.13. The molecule has 0 unspecified atom stereocenters. The van der Waals surface area contributed by atoms with E-state index in [1.807, 2.05) is 60.7 Å². The lowest BCUT2D eigenvalue weighted by atomic mass is 10.3. The van der Waals surface area contributed by atoms with Crippen molar-refractivity contribution in [2.24, 2.45) is 0 Å². The largest absolute Gasteiger partial charge is 0.250 e. The zero-order valence-corrected chi connectivity index (χ0v) is 14.2. The van der Waals surface area contributed by atoms with Gasteiger partial charge in [0.25, 0.3) is 0 Å². The topological polar surface area (TPSA) is 51.6 Å². The van der Waals surface area contributed by atoms with Crippen molar-refractivity contribution >= 4 is 34.6 Å². The minimum absolute atomic E-state index is 0.836. The number of nitrogens with zero attached hydrogens (tertiary/aromatic N) is 4. The van der Waals surface area contributed by atoms with Crippen LogP contribution in [0.4, 0.5) is 0 Å². The summed E-state index contributed by atoms with van der Waals surface area (Å²) in [5.41, 5.74) is 1.75. The van der Waals surface area contributed by atoms with E-state index in [1.54, 1.807) is 12.4 Å². The summed E-state index contributed by atoms with van der Waals surface area (Å²) < 4.78 is 0. The average Bonchev–Trinajstić information content (AvgIpc) is 2.64. The van der Waals surface area contributed by atoms with Crippen molar-refractivity contribution in [3.05, 3.63) is 73.1 Å². The molecule has 0 aliphatic heterocycles. The summed E-state index contributed by atoms with van der Waals surface area (Å²) in [4.78, 5) is 18.3. The molecule has 0 radical (unpaired) electrons. The molecule has 24 heavy (non-hydrogen) atoms. The molecule has 0 saturated carbocycles. The Morgan fingerprint density at radius 2 is 1.00 bits per heavy atom. The van der Waals surface area contributed by atoms with E-state index in [9.17, 15) is 0 Å². The van der Waals surface area contributed by atoms with Gasteiger partial charge >= 0.3 is 0 Å². The van der Waals surface area contributed by atoms with Gasteiger partial charge in [0.05, 0.1) is 11.0 Å². The highest BCUT2D eigenvalue weighted by molar-refractivity contribution is 8.02. The van der Waals surface area contributed by atoms with E-state index in [1.165, 1.54) is 23.5 Å². The molecule has 0 atom stereocenters. The molecule has 4 aromatic rings. The van der Waals surface area contributed by atoms with Gasteiger partial charge < -0.3 is 0 Å². The maximum absolute atomic E-state index is 4.78. The molecule has 0 aliphatic rings. The van der Waals surface area contributed by atoms with Gasteiger partial charge in [-0.05, 0) is 59.9 Å². The van der Waals surface area contributed by atoms with Crippen LogP contribution in [0, 0.1) is 0 Å². The Morgan fingerprint density at radius 3 is 1.42 bits per heavy atom. The molecule has 0 N–H and O–H groups in total. The van der Waals surface area contributed by atoms with E-state index in [0.29, 0.717) is 0 Å². The van der Waals surface area contributed by atoms with Crippen molar-refractivity contribution in [2.75, 3.05) is 0 Å². The van der Waals surface area contributed by atoms with Gasteiger partial charge in [0.15, 0.2) is 0 Å². The van der Waals surface area contributed by atoms with Crippen molar-refractivity contribution in [2.45, 2.75) is 20.1 Å². The van der Waals surface area contributed by atoms with Gasteiger partial charge in [-0.3, -0.25) is 0 Å². The lowest BCUT2D eigenvalue weighted by Gasteiger charge is -2.08. The third-order valence-electron chi connectivity index (χ3n) is 3.19. The Hall–Kier alpha value is -2.44. The van der Waals surface area contributed by atoms with E-state index in [0.717, 1.165) is 31.1 Å². The maximum atomic E-state index is 4.78. The molecule has 0 amide bonds. The molecule has 6 heteroatoms. The fraction of sp³-hybridized carbons (Fsp3) is 0. The minimum atomic E-state index is 0.836. The zero-order valence-electron chi connectivity index (χ0n) is 12.5. The second-order valence-electron chi connectivity index (χ2n) is 4.86. The Bertz CT molecular complexity index is 882. The second kappa shape index (κ2) is 6.98. The predicted molar refractivity (Wildman–Crippen MR) is 96.3 cm³/mol. The molecule has 4 nitrogen and oxygen atoms in total. The van der Waals surface area contributed by atoms with Gasteiger partial charge in [-0.15, -0.1) is 0 Å². The zero-order chi connectivity index (χ0) is 16.2. The summed E-state index contributed by atoms with van der Waals surface area (Å²) in [6, 6.07) is 19.6. The van der Waals surface area contributed by atoms with Crippen LogP contribution in [0.1, 0.15) is 0 Å². The number of para-hydroxylation sites is 2. The molecule has 0 aliphatic carbocycles. The minimum Gasteiger partial charge on any atom is -0.250 e. The first-order chi connectivity index (χ1) is 11.9. The van der Waals surface area contributed by atoms with E-state index < -0.39 is 0 Å². The number of hydrogen-bond acceptors (Lipinski definition) is 6. The first-order valence-electron chi connectivity index (χ1n) is 7.33. The second-order valence-corrected chi connectivity index (χ2v) is 6.88. The number of pyridine rings is 2. The molecule has 1 aromatic carbocycles. The smallest absolute Gasteiger partial charge is 0.136 e. The number of benzene rings is 1. The van der Waals surface area contributed by atoms with Crippen molar-refractivity contribution in [1.82, 2.24) is 19.9 Å². The van der Waals surface area contributed by atoms with E-state index in [-0.39, 0.29) is 0 Å². The fourth-order valence-electron chi connectivity index (χ4n) is 2.11. The molecule has 3 heterocycles. The van der Waals surface area contributed by atoms with E-state index in [2.05, 4.69) is 9.97 Å². The summed E-state index contributed by atoms with van der Waals surface area (Å²) in [7, 11) is 0. The fourth-order valence-corrected chi connectivity index (χ4v) is 3.83. The monoisotopic (exact) mass is 348 g/mol. The molecule has 0 fully saturated rings. The molecule has 0 saturated heterocycles. The molecule has 0 spiro atoms. The molecule has 0 bridgehead atoms. The van der Waals surface area contributed by atoms with Crippen LogP contribution < -0.4 is 0 Å². The lowest BCUT2D eigenvalue weighted by molar-refractivity contribution is 0.957. The van der Waals surface area contributed by atoms with Gasteiger partial charge in [-0.1, -0.05) is 24.3 Å². The Kier molecular flexibility index (Phi) is 4.40. The SMILES string of the molecule is c1ccc(Sc2nc3ccccc3nc2Sc2ccccn2)nc1. The van der Waals surface area contributed by atoms with Gasteiger partial charge in [-0.25, -0.2) is 19.9 Å². The summed E-state index contributed by atoms with van der Waals surface area (Å²) in [5.74, 6) is 0. The van der Waals surface area contributed by atoms with Crippen LogP contribution in [0.2, 0.25) is 0 Å². The highest BCUT2D eigenvalue weighted by Crippen LogP contribution is 2.36. The first-order valence-corrected chi connectivity index (χ1v) is 8.96. The van der Waals surface area contributed by atoms with Crippen molar-refractivity contribution in [3.8, 4) is 0 Å². The normalized spacial score (nSPS) is 10.8. The van der Waals surface area contributed by atoms with Gasteiger partial charge in [0, 0.05) is 12.4 Å². The van der Waals surface area contributed by atoms with Crippen molar-refractivity contribution in [3.63, 3.8) is 0 Å². The lowest BCUT2D eigenvalue weighted by Crippen LogP contribution is -1.93. The standard InChI is InChI=1S/C18H12N4S2/c1-2-8-14-13(7-1)21-17(23-15-9-3-5-11-19-15)18(22-14)24-16-10-4-6-12-20-16/h1-12H. The Labute approximate surface area is 147 Å². The predicted octanol–water partition coefficient (Wildman–Crippen LogP) is 4.72. The Balaban J connectivity index is 1.78. The summed E-state index contributed by atoms with van der Waals surface area (Å²) in [5, 5.41) is 3.46. The molecular weight excluding hydrogens is 336 g/mol. The number of rotatable bonds is 4. The maximum Gasteiger partial charge on any atom is 0.136 e. The summed E-state index contributed by atoms with van der Waals surface area (Å²) >= 11 is 3.03. The number of fused-ring (bicyclic) bond motifs is 1. The van der Waals surface area contributed by atoms with Crippen LogP contribution in [-0.4, -0.2) is 19.9 Å². The van der Waals surface area contributed by atoms with E-state index >= 15 is 0 Å². The van der Waals surface area contributed by atoms with Gasteiger partial charge in [0.2, 0.25) is 0 Å². The van der Waals surface area contributed by atoms with Crippen LogP contribution in [0.3, 0.4) is 0 Å². The first kappa shape index (κ1) is 15.1. The summed E-state index contributed by atoms with van der Waals surface area (Å²) in [6.45, 7) is 0. The number of aromatic nitrogens is 4. The van der Waals surface area contributed by atoms with Crippen LogP contribution in [0.15, 0.2) is 93.2 Å². The third kappa shape index (κ3) is 3.39. The van der Waals surface area contributed by atoms with E-state index in [4.69, 9.17) is 9.97 Å². The molecular formula is C18H12N4S2. The van der Waals surface area contributed by atoms with Crippen LogP contribution in [-0.2, 0) is 0 Å². The quantitative estimate of drug-likeness (QED) is 0.532. The number of hydrogen-bond donors (Lipinski definition) is 0. The van der Waals surface area contributed by atoms with Crippen molar-refractivity contribution in [1.29, 1.82) is 0 Å². The van der Waals surface area contributed by atoms with Gasteiger partial charge in [0.1, 0.15) is 20.1 Å². The Morgan fingerprint density at radius 1 is 0.542 bits per heavy atom. The molecule has 3 aromatic heterocycles. The van der Waals surface area contributed by atoms with Gasteiger partial charge in [-0.2, -0.15) is 0 Å².